The van der Waals surface area contributed by atoms with Gasteiger partial charge in [-0.1, -0.05) is 106 Å². The van der Waals surface area contributed by atoms with Crippen LogP contribution in [0.3, 0.4) is 0 Å². The van der Waals surface area contributed by atoms with Crippen LogP contribution >= 0.6 is 0 Å². The van der Waals surface area contributed by atoms with Crippen LogP contribution in [0.4, 0.5) is 4.39 Å². The molecular weight excluding hydrogens is 714 g/mol. The normalized spacial score (nSPS) is 15.4. The van der Waals surface area contributed by atoms with E-state index in [4.69, 9.17) is 4.98 Å². The summed E-state index contributed by atoms with van der Waals surface area (Å²) in [4.78, 5) is 16.3. The zero-order chi connectivity index (χ0) is 31.3. The third-order valence-electron chi connectivity index (χ3n) is 8.27. The molecule has 0 unspecified atom stereocenters. The maximum absolute atomic E-state index is 14.9. The molecule has 4 aromatic rings. The van der Waals surface area contributed by atoms with Gasteiger partial charge in [-0.3, -0.25) is 9.78 Å². The predicted molar refractivity (Wildman–Crippen MR) is 171 cm³/mol. The Balaban J connectivity index is 0.000000310. The Morgan fingerprint density at radius 2 is 1.40 bits per heavy atom. The van der Waals surface area contributed by atoms with Crippen LogP contribution in [-0.2, 0) is 35.7 Å². The summed E-state index contributed by atoms with van der Waals surface area (Å²) in [5.74, 6) is -0.141. The molecule has 229 valence electrons. The molecule has 0 aliphatic heterocycles. The largest absolute Gasteiger partial charge is 0.512 e. The molecular formula is C38H43FIrNO2-. The molecule has 1 heterocycles. The van der Waals surface area contributed by atoms with E-state index in [0.29, 0.717) is 16.6 Å². The zero-order valence-electron chi connectivity index (χ0n) is 26.9. The Morgan fingerprint density at radius 3 is 1.98 bits per heavy atom. The average molecular weight is 757 g/mol. The van der Waals surface area contributed by atoms with Gasteiger partial charge < -0.3 is 5.11 Å². The molecule has 0 spiro atoms. The van der Waals surface area contributed by atoms with E-state index in [0.717, 1.165) is 5.56 Å². The second-order valence-electron chi connectivity index (χ2n) is 14.3. The second kappa shape index (κ2) is 12.1. The van der Waals surface area contributed by atoms with Crippen molar-refractivity contribution < 1.29 is 34.4 Å². The standard InChI is InChI=1S/C27H23FN.C11H20O2.Ir/c1-26(2)19-12-6-7-13-20(19)27(3,4)25-18(11-9-14-21(25)26)24-16-22(28)17-10-5-8-15-23(17)29-24;1-10(2,3)8(12)7-9(13)11(4,5)6;/h5-10,12-16H,1-4H3;7,12H,1-6H3;/q-1;;/b;8-7-;. The number of fused-ring (bicyclic) bond motifs is 3. The number of hydrogen-bond acceptors (Lipinski definition) is 3. The quantitative estimate of drug-likeness (QED) is 0.126. The van der Waals surface area contributed by atoms with Crippen molar-refractivity contribution in [3.63, 3.8) is 0 Å². The fourth-order valence-electron chi connectivity index (χ4n) is 5.54. The number of carbonyl (C=O) groups excluding carboxylic acids is 1. The van der Waals surface area contributed by atoms with Gasteiger partial charge in [0.05, 0.1) is 5.52 Å². The van der Waals surface area contributed by atoms with Crippen molar-refractivity contribution in [3.05, 3.63) is 113 Å². The van der Waals surface area contributed by atoms with Crippen LogP contribution in [0.1, 0.15) is 91.5 Å². The number of pyridine rings is 1. The van der Waals surface area contributed by atoms with Crippen LogP contribution in [0.15, 0.2) is 78.6 Å². The monoisotopic (exact) mass is 757 g/mol. The smallest absolute Gasteiger partial charge is 0.164 e. The summed E-state index contributed by atoms with van der Waals surface area (Å²) in [6.45, 7) is 20.1. The molecule has 0 atom stereocenters. The van der Waals surface area contributed by atoms with E-state index < -0.39 is 5.41 Å². The molecule has 1 aliphatic carbocycles. The number of carbonyl (C=O) groups is 1. The van der Waals surface area contributed by atoms with Crippen LogP contribution in [-0.4, -0.2) is 15.9 Å². The Morgan fingerprint density at radius 1 is 0.837 bits per heavy atom. The Hall–Kier alpha value is -3.14. The third-order valence-corrected chi connectivity index (χ3v) is 8.27. The minimum Gasteiger partial charge on any atom is -0.512 e. The molecule has 5 rings (SSSR count). The number of hydrogen-bond donors (Lipinski definition) is 1. The number of ketones is 1. The molecule has 1 radical (unpaired) electrons. The SMILES string of the molecule is CC(C)(C)C(=O)/C=C(\O)C(C)(C)C.CC1(C)c2ccccc2C(C)(C)c2c(-c3cc(F)c4ccccc4n3)[c-]ccc21.[Ir]. The first-order valence-electron chi connectivity index (χ1n) is 14.5. The fraction of sp³-hybridized carbons (Fsp3) is 0.368. The number of aromatic nitrogens is 1. The van der Waals surface area contributed by atoms with Gasteiger partial charge in [0.15, 0.2) is 5.78 Å². The van der Waals surface area contributed by atoms with E-state index in [1.165, 1.54) is 28.3 Å². The first-order valence-corrected chi connectivity index (χ1v) is 14.5. The summed E-state index contributed by atoms with van der Waals surface area (Å²) in [5.41, 5.74) is 6.13. The molecule has 1 aromatic heterocycles. The minimum absolute atomic E-state index is 0. The number of allylic oxidation sites excluding steroid dienone is 2. The van der Waals surface area contributed by atoms with E-state index in [1.54, 1.807) is 12.1 Å². The van der Waals surface area contributed by atoms with E-state index in [1.807, 2.05) is 65.8 Å². The van der Waals surface area contributed by atoms with Gasteiger partial charge in [-0.05, 0) is 45.8 Å². The van der Waals surface area contributed by atoms with E-state index in [-0.39, 0.29) is 53.7 Å². The van der Waals surface area contributed by atoms with E-state index in [9.17, 15) is 14.3 Å². The predicted octanol–water partition coefficient (Wildman–Crippen LogP) is 9.89. The van der Waals surface area contributed by atoms with Crippen LogP contribution in [0, 0.1) is 22.7 Å². The third kappa shape index (κ3) is 6.69. The number of aliphatic hydroxyl groups is 1. The minimum atomic E-state index is -0.417. The van der Waals surface area contributed by atoms with E-state index in [2.05, 4.69) is 64.1 Å². The van der Waals surface area contributed by atoms with Gasteiger partial charge in [0.25, 0.3) is 0 Å². The molecule has 3 aromatic carbocycles. The molecule has 3 nitrogen and oxygen atoms in total. The maximum atomic E-state index is 14.9. The van der Waals surface area contributed by atoms with Crippen molar-refractivity contribution in [2.45, 2.75) is 80.1 Å². The molecule has 0 saturated carbocycles. The molecule has 0 amide bonds. The first kappa shape index (κ1) is 34.4. The Labute approximate surface area is 270 Å². The van der Waals surface area contributed by atoms with Gasteiger partial charge in [0.1, 0.15) is 11.6 Å². The van der Waals surface area contributed by atoms with Crippen LogP contribution in [0.25, 0.3) is 22.2 Å². The fourth-order valence-corrected chi connectivity index (χ4v) is 5.54. The van der Waals surface area contributed by atoms with Crippen LogP contribution < -0.4 is 0 Å². The van der Waals surface area contributed by atoms with Crippen molar-refractivity contribution in [1.29, 1.82) is 0 Å². The Bertz CT molecular complexity index is 1690. The van der Waals surface area contributed by atoms with Crippen molar-refractivity contribution in [3.8, 4) is 11.3 Å². The van der Waals surface area contributed by atoms with Gasteiger partial charge in [-0.25, -0.2) is 4.39 Å². The number of para-hydroxylation sites is 1. The molecule has 0 fully saturated rings. The zero-order valence-corrected chi connectivity index (χ0v) is 29.3. The molecule has 0 bridgehead atoms. The summed E-state index contributed by atoms with van der Waals surface area (Å²) in [6.07, 6.45) is 1.33. The number of nitrogens with zero attached hydrogens (tertiary/aromatic N) is 1. The van der Waals surface area contributed by atoms with Gasteiger partial charge in [0.2, 0.25) is 0 Å². The summed E-state index contributed by atoms with van der Waals surface area (Å²) in [6, 6.07) is 25.1. The number of halogens is 1. The van der Waals surface area contributed by atoms with Crippen molar-refractivity contribution in [1.82, 2.24) is 4.98 Å². The Kier molecular flexibility index (Phi) is 9.66. The number of aliphatic hydroxyl groups excluding tert-OH is 1. The van der Waals surface area contributed by atoms with Gasteiger partial charge in [0, 0.05) is 42.4 Å². The first-order chi connectivity index (χ1) is 19.4. The van der Waals surface area contributed by atoms with Crippen LogP contribution in [0.5, 0.6) is 0 Å². The summed E-state index contributed by atoms with van der Waals surface area (Å²) >= 11 is 0. The van der Waals surface area contributed by atoms with Gasteiger partial charge in [-0.2, -0.15) is 0 Å². The number of benzene rings is 3. The second-order valence-corrected chi connectivity index (χ2v) is 14.3. The van der Waals surface area contributed by atoms with Crippen molar-refractivity contribution in [2.75, 3.05) is 0 Å². The molecule has 1 N–H and O–H groups in total. The summed E-state index contributed by atoms with van der Waals surface area (Å²) in [7, 11) is 0. The number of rotatable bonds is 2. The van der Waals surface area contributed by atoms with Crippen LogP contribution in [0.2, 0.25) is 0 Å². The summed E-state index contributed by atoms with van der Waals surface area (Å²) in [5, 5.41) is 10.1. The topological polar surface area (TPSA) is 50.2 Å². The van der Waals surface area contributed by atoms with Gasteiger partial charge in [-0.15, -0.1) is 34.9 Å². The molecule has 5 heteroatoms. The van der Waals surface area contributed by atoms with E-state index >= 15 is 0 Å². The van der Waals surface area contributed by atoms with Crippen molar-refractivity contribution in [2.24, 2.45) is 10.8 Å². The molecule has 43 heavy (non-hydrogen) atoms. The maximum Gasteiger partial charge on any atom is 0.164 e. The van der Waals surface area contributed by atoms with Crippen molar-refractivity contribution >= 4 is 16.7 Å². The molecule has 1 aliphatic rings. The van der Waals surface area contributed by atoms with Gasteiger partial charge >= 0.3 is 0 Å². The average Bonchev–Trinajstić information content (AvgIpc) is 2.91. The molecule has 0 saturated heterocycles. The summed E-state index contributed by atoms with van der Waals surface area (Å²) < 4.78 is 14.9.